The zero-order valence-electron chi connectivity index (χ0n) is 20.4. The van der Waals surface area contributed by atoms with Crippen LogP contribution in [0.25, 0.3) is 5.70 Å². The van der Waals surface area contributed by atoms with Crippen LogP contribution in [-0.4, -0.2) is 54.2 Å². The largest absolute Gasteiger partial charge is 0.497 e. The summed E-state index contributed by atoms with van der Waals surface area (Å²) in [5, 5.41) is 2.67. The molecule has 0 N–H and O–H groups in total. The molecule has 35 heavy (non-hydrogen) atoms. The van der Waals surface area contributed by atoms with Gasteiger partial charge in [0, 0.05) is 24.9 Å². The molecule has 2 aliphatic heterocycles. The van der Waals surface area contributed by atoms with Crippen molar-refractivity contribution in [1.29, 1.82) is 0 Å². The Morgan fingerprint density at radius 3 is 2.43 bits per heavy atom. The number of aliphatic imine (C=N–C) groups is 1. The average molecular weight is 492 g/mol. The van der Waals surface area contributed by atoms with Crippen LogP contribution >= 0.6 is 11.8 Å². The van der Waals surface area contributed by atoms with Crippen LogP contribution in [0.2, 0.25) is 0 Å². The maximum absolute atomic E-state index is 13.5. The highest BCUT2D eigenvalue weighted by Crippen LogP contribution is 2.47. The van der Waals surface area contributed by atoms with Crippen LogP contribution in [0.1, 0.15) is 37.4 Å². The number of thioether (sulfide) groups is 1. The van der Waals surface area contributed by atoms with E-state index in [4.69, 9.17) is 14.5 Å². The van der Waals surface area contributed by atoms with Crippen molar-refractivity contribution in [3.05, 3.63) is 82.4 Å². The Balaban J connectivity index is 1.88. The van der Waals surface area contributed by atoms with E-state index in [1.807, 2.05) is 71.8 Å². The number of nitrogens with zero attached hydrogens (tertiary/aromatic N) is 3. The van der Waals surface area contributed by atoms with Crippen LogP contribution in [0.5, 0.6) is 5.75 Å². The van der Waals surface area contributed by atoms with Crippen molar-refractivity contribution in [2.24, 2.45) is 4.99 Å². The van der Waals surface area contributed by atoms with Gasteiger partial charge >= 0.3 is 5.97 Å². The first-order valence-electron chi connectivity index (χ1n) is 11.6. The lowest BCUT2D eigenvalue weighted by molar-refractivity contribution is -0.139. The highest BCUT2D eigenvalue weighted by Gasteiger charge is 2.42. The van der Waals surface area contributed by atoms with Gasteiger partial charge in [-0.05, 0) is 37.0 Å². The lowest BCUT2D eigenvalue weighted by Crippen LogP contribution is -2.38. The van der Waals surface area contributed by atoms with Crippen LogP contribution in [0.4, 0.5) is 0 Å². The van der Waals surface area contributed by atoms with E-state index in [0.29, 0.717) is 17.8 Å². The van der Waals surface area contributed by atoms with Crippen LogP contribution in [-0.2, 0) is 14.3 Å². The van der Waals surface area contributed by atoms with Crippen LogP contribution < -0.4 is 4.74 Å². The van der Waals surface area contributed by atoms with Gasteiger partial charge in [0.05, 0.1) is 37.4 Å². The van der Waals surface area contributed by atoms with Crippen molar-refractivity contribution in [3.63, 3.8) is 0 Å². The Bertz CT molecular complexity index is 1190. The summed E-state index contributed by atoms with van der Waals surface area (Å²) in [7, 11) is 3.40. The van der Waals surface area contributed by atoms with Crippen molar-refractivity contribution in [1.82, 2.24) is 9.80 Å². The number of amidine groups is 1. The number of hydrogen-bond acceptors (Lipinski definition) is 7. The Labute approximate surface area is 210 Å². The number of carbonyl (C=O) groups is 2. The summed E-state index contributed by atoms with van der Waals surface area (Å²) in [5.41, 5.74) is 3.53. The number of benzene rings is 2. The summed E-state index contributed by atoms with van der Waals surface area (Å²) in [4.78, 5) is 34.9. The molecule has 0 aromatic heterocycles. The number of amides is 1. The van der Waals surface area contributed by atoms with Gasteiger partial charge in [0.1, 0.15) is 5.75 Å². The molecule has 4 rings (SSSR count). The first-order chi connectivity index (χ1) is 17.0. The summed E-state index contributed by atoms with van der Waals surface area (Å²) in [6.45, 7) is 4.59. The first kappa shape index (κ1) is 24.6. The van der Waals surface area contributed by atoms with Gasteiger partial charge in [-0.15, -0.1) is 0 Å². The molecule has 2 aliphatic rings. The van der Waals surface area contributed by atoms with Crippen molar-refractivity contribution >= 4 is 34.5 Å². The lowest BCUT2D eigenvalue weighted by atomic mass is 9.91. The number of ether oxygens (including phenoxy) is 2. The molecule has 8 heteroatoms. The normalized spacial score (nSPS) is 16.9. The molecule has 0 radical (unpaired) electrons. The maximum atomic E-state index is 13.5. The van der Waals surface area contributed by atoms with E-state index in [-0.39, 0.29) is 18.9 Å². The molecular weight excluding hydrogens is 462 g/mol. The summed E-state index contributed by atoms with van der Waals surface area (Å²) in [5.74, 6) is 0.294. The quantitative estimate of drug-likeness (QED) is 0.492. The van der Waals surface area contributed by atoms with Gasteiger partial charge in [0.25, 0.3) is 0 Å². The third-order valence-electron chi connectivity index (χ3n) is 6.02. The second-order valence-electron chi connectivity index (χ2n) is 8.10. The topological polar surface area (TPSA) is 71.4 Å². The van der Waals surface area contributed by atoms with E-state index in [1.165, 1.54) is 11.8 Å². The molecule has 0 saturated carbocycles. The van der Waals surface area contributed by atoms with Crippen molar-refractivity contribution in [2.45, 2.75) is 26.3 Å². The highest BCUT2D eigenvalue weighted by atomic mass is 32.2. The molecule has 0 aliphatic carbocycles. The Hall–Kier alpha value is -3.52. The predicted molar refractivity (Wildman–Crippen MR) is 139 cm³/mol. The van der Waals surface area contributed by atoms with E-state index in [9.17, 15) is 9.59 Å². The first-order valence-corrected chi connectivity index (χ1v) is 12.4. The molecule has 7 nitrogen and oxygen atoms in total. The van der Waals surface area contributed by atoms with Crippen LogP contribution in [0, 0.1) is 0 Å². The molecule has 182 valence electrons. The van der Waals surface area contributed by atoms with Gasteiger partial charge < -0.3 is 19.3 Å². The van der Waals surface area contributed by atoms with Gasteiger partial charge in [-0.2, -0.15) is 0 Å². The number of methoxy groups -OCH3 is 1. The number of carbonyl (C=O) groups excluding carboxylic acids is 2. The molecule has 1 amide bonds. The van der Waals surface area contributed by atoms with Crippen molar-refractivity contribution in [3.8, 4) is 5.75 Å². The zero-order valence-corrected chi connectivity index (χ0v) is 21.2. The van der Waals surface area contributed by atoms with Crippen molar-refractivity contribution < 1.29 is 19.1 Å². The third-order valence-corrected chi connectivity index (χ3v) is 6.91. The second-order valence-corrected chi connectivity index (χ2v) is 8.94. The summed E-state index contributed by atoms with van der Waals surface area (Å²) in [6.07, 6.45) is 0.208. The molecule has 2 heterocycles. The molecule has 0 saturated heterocycles. The molecule has 0 bridgehead atoms. The van der Waals surface area contributed by atoms with E-state index in [0.717, 1.165) is 27.7 Å². The van der Waals surface area contributed by atoms with E-state index < -0.39 is 12.0 Å². The number of esters is 1. The number of fused-ring (bicyclic) bond motifs is 1. The smallest absolute Gasteiger partial charge is 0.338 e. The zero-order chi connectivity index (χ0) is 24.9. The summed E-state index contributed by atoms with van der Waals surface area (Å²) in [6, 6.07) is 16.8. The Morgan fingerprint density at radius 2 is 1.80 bits per heavy atom. The van der Waals surface area contributed by atoms with Gasteiger partial charge in [0.15, 0.2) is 5.17 Å². The fourth-order valence-electron chi connectivity index (χ4n) is 4.06. The minimum Gasteiger partial charge on any atom is -0.497 e. The fourth-order valence-corrected chi connectivity index (χ4v) is 4.97. The fraction of sp³-hybridized carbons (Fsp3) is 0.296. The van der Waals surface area contributed by atoms with Gasteiger partial charge in [-0.1, -0.05) is 54.2 Å². The van der Waals surface area contributed by atoms with E-state index >= 15 is 0 Å². The monoisotopic (exact) mass is 491 g/mol. The summed E-state index contributed by atoms with van der Waals surface area (Å²) < 4.78 is 10.9. The third kappa shape index (κ3) is 4.98. The molecule has 0 unspecified atom stereocenters. The molecular formula is C27H29N3O4S. The maximum Gasteiger partial charge on any atom is 0.338 e. The van der Waals surface area contributed by atoms with Crippen LogP contribution in [0.3, 0.4) is 0 Å². The number of hydrogen-bond donors (Lipinski definition) is 0. The van der Waals surface area contributed by atoms with Gasteiger partial charge in [-0.25, -0.2) is 9.79 Å². The molecule has 0 spiro atoms. The van der Waals surface area contributed by atoms with Gasteiger partial charge in [-0.3, -0.25) is 4.79 Å². The Morgan fingerprint density at radius 1 is 1.09 bits per heavy atom. The minimum absolute atomic E-state index is 0.00426. The predicted octanol–water partition coefficient (Wildman–Crippen LogP) is 4.84. The van der Waals surface area contributed by atoms with E-state index in [2.05, 4.69) is 0 Å². The second kappa shape index (κ2) is 10.8. The van der Waals surface area contributed by atoms with Gasteiger partial charge in [0.2, 0.25) is 5.91 Å². The van der Waals surface area contributed by atoms with Crippen LogP contribution in [0.15, 0.2) is 76.3 Å². The average Bonchev–Trinajstić information content (AvgIpc) is 3.29. The SMILES string of the molecule is CCOC(=O)C1=C(c2ccccc2)N=C2SC=C(CC(=O)N(C)CC)N2[C@@H]1c1ccc(OC)cc1. The Kier molecular flexibility index (Phi) is 7.60. The summed E-state index contributed by atoms with van der Waals surface area (Å²) >= 11 is 1.46. The highest BCUT2D eigenvalue weighted by molar-refractivity contribution is 8.16. The number of rotatable bonds is 8. The van der Waals surface area contributed by atoms with E-state index in [1.54, 1.807) is 26.0 Å². The molecule has 1 atom stereocenters. The standard InChI is InChI=1S/C27H29N3O4S/c1-5-29(3)22(31)16-20-17-35-27-28-24(18-10-8-7-9-11-18)23(26(32)34-6-2)25(30(20)27)19-12-14-21(33-4)15-13-19/h7-15,17,25H,5-6,16H2,1-4H3/t25-/m1/s1. The lowest BCUT2D eigenvalue weighted by Gasteiger charge is -2.37. The molecule has 2 aromatic rings. The van der Waals surface area contributed by atoms with Crippen molar-refractivity contribution in [2.75, 3.05) is 27.3 Å². The molecule has 0 fully saturated rings. The minimum atomic E-state index is -0.511. The molecule has 2 aromatic carbocycles.